The molecule has 5 aliphatic heterocycles. The molecular weight excluding hydrogens is 332 g/mol. The van der Waals surface area contributed by atoms with Crippen molar-refractivity contribution in [3.8, 4) is 11.5 Å². The Bertz CT molecular complexity index is 701. The fourth-order valence-corrected chi connectivity index (χ4v) is 5.34. The number of carbonyl (C=O) groups excluding carboxylic acids is 1. The first kappa shape index (κ1) is 16.2. The number of carbonyl (C=O) groups is 1. The van der Waals surface area contributed by atoms with E-state index >= 15 is 0 Å². The largest absolute Gasteiger partial charge is 0.454 e. The van der Waals surface area contributed by atoms with E-state index in [2.05, 4.69) is 17.0 Å². The first-order valence-corrected chi connectivity index (χ1v) is 9.83. The molecule has 1 aromatic carbocycles. The van der Waals surface area contributed by atoms with Crippen LogP contribution in [0.3, 0.4) is 0 Å². The lowest BCUT2D eigenvalue weighted by Gasteiger charge is -2.50. The number of piperidine rings is 3. The topological polar surface area (TPSA) is 51.2 Å². The van der Waals surface area contributed by atoms with Crippen LogP contribution in [0.25, 0.3) is 0 Å². The Kier molecular flexibility index (Phi) is 3.96. The second kappa shape index (κ2) is 6.34. The zero-order valence-corrected chi connectivity index (χ0v) is 15.2. The standard InChI is InChI=1S/C20H26N2O4/c1-2-9-24-20(23)22-11-15(14-3-4-16-17(10-14)26-12-25-16)19-18(22)13-5-7-21(19)8-6-13/h3-4,10,13,15,18-19H,2,5-9,11-12H2,1H3/t15-,18+,19+/m0/s1. The van der Waals surface area contributed by atoms with Crippen LogP contribution in [-0.4, -0.2) is 61.0 Å². The van der Waals surface area contributed by atoms with Gasteiger partial charge in [0.2, 0.25) is 6.79 Å². The average molecular weight is 358 g/mol. The summed E-state index contributed by atoms with van der Waals surface area (Å²) in [6, 6.07) is 6.91. The molecule has 3 atom stereocenters. The number of ether oxygens (including phenoxy) is 3. The predicted octanol–water partition coefficient (Wildman–Crippen LogP) is 2.82. The Morgan fingerprint density at radius 1 is 1.19 bits per heavy atom. The molecule has 4 saturated heterocycles. The maximum Gasteiger partial charge on any atom is 0.410 e. The van der Waals surface area contributed by atoms with Crippen LogP contribution in [0.15, 0.2) is 18.2 Å². The Morgan fingerprint density at radius 3 is 2.81 bits per heavy atom. The first-order chi connectivity index (χ1) is 12.8. The van der Waals surface area contributed by atoms with Gasteiger partial charge in [-0.15, -0.1) is 0 Å². The molecule has 2 bridgehead atoms. The van der Waals surface area contributed by atoms with Crippen molar-refractivity contribution in [2.45, 2.75) is 44.2 Å². The van der Waals surface area contributed by atoms with Crippen LogP contribution in [-0.2, 0) is 4.74 Å². The number of likely N-dealkylation sites (tertiary alicyclic amines) is 1. The van der Waals surface area contributed by atoms with Gasteiger partial charge in [0.1, 0.15) is 0 Å². The molecule has 26 heavy (non-hydrogen) atoms. The predicted molar refractivity (Wildman–Crippen MR) is 95.5 cm³/mol. The van der Waals surface area contributed by atoms with Gasteiger partial charge in [-0.25, -0.2) is 4.79 Å². The van der Waals surface area contributed by atoms with Crippen LogP contribution < -0.4 is 9.47 Å². The van der Waals surface area contributed by atoms with Crippen molar-refractivity contribution in [3.05, 3.63) is 23.8 Å². The van der Waals surface area contributed by atoms with Gasteiger partial charge in [0.25, 0.3) is 0 Å². The summed E-state index contributed by atoms with van der Waals surface area (Å²) in [5, 5.41) is 0. The second-order valence-electron chi connectivity index (χ2n) is 7.84. The highest BCUT2D eigenvalue weighted by atomic mass is 16.7. The van der Waals surface area contributed by atoms with Crippen molar-refractivity contribution in [3.63, 3.8) is 0 Å². The molecule has 0 N–H and O–H groups in total. The molecule has 6 rings (SSSR count). The van der Waals surface area contributed by atoms with Crippen LogP contribution in [0.5, 0.6) is 11.5 Å². The summed E-state index contributed by atoms with van der Waals surface area (Å²) in [6.07, 6.45) is 3.09. The minimum absolute atomic E-state index is 0.140. The van der Waals surface area contributed by atoms with E-state index in [4.69, 9.17) is 14.2 Å². The van der Waals surface area contributed by atoms with Crippen LogP contribution in [0.1, 0.15) is 37.7 Å². The summed E-state index contributed by atoms with van der Waals surface area (Å²) in [5.41, 5.74) is 1.24. The SMILES string of the molecule is CCCOC(=O)N1C[C@@H](c2ccc3c(c2)OCO3)[C@@H]2[C@H]1C1CCN2CC1. The van der Waals surface area contributed by atoms with Crippen LogP contribution >= 0.6 is 0 Å². The monoisotopic (exact) mass is 358 g/mol. The second-order valence-corrected chi connectivity index (χ2v) is 7.84. The number of hydrogen-bond acceptors (Lipinski definition) is 5. The minimum Gasteiger partial charge on any atom is -0.454 e. The zero-order chi connectivity index (χ0) is 17.7. The summed E-state index contributed by atoms with van der Waals surface area (Å²) >= 11 is 0. The van der Waals surface area contributed by atoms with Gasteiger partial charge in [-0.05, 0) is 56.0 Å². The summed E-state index contributed by atoms with van der Waals surface area (Å²) in [6.45, 7) is 5.83. The third kappa shape index (κ3) is 2.46. The van der Waals surface area contributed by atoms with Gasteiger partial charge in [-0.3, -0.25) is 4.90 Å². The zero-order valence-electron chi connectivity index (χ0n) is 15.2. The molecule has 0 aliphatic carbocycles. The minimum atomic E-state index is -0.140. The third-order valence-electron chi connectivity index (χ3n) is 6.48. The summed E-state index contributed by atoms with van der Waals surface area (Å²) in [7, 11) is 0. The fourth-order valence-electron chi connectivity index (χ4n) is 5.34. The number of hydrogen-bond donors (Lipinski definition) is 0. The van der Waals surface area contributed by atoms with E-state index in [-0.39, 0.29) is 12.1 Å². The number of fused-ring (bicyclic) bond motifs is 3. The molecule has 6 heteroatoms. The lowest BCUT2D eigenvalue weighted by atomic mass is 9.75. The van der Waals surface area contributed by atoms with Gasteiger partial charge >= 0.3 is 6.09 Å². The quantitative estimate of drug-likeness (QED) is 0.832. The molecule has 6 nitrogen and oxygen atoms in total. The van der Waals surface area contributed by atoms with Crippen molar-refractivity contribution >= 4 is 6.09 Å². The van der Waals surface area contributed by atoms with Crippen molar-refractivity contribution in [1.29, 1.82) is 0 Å². The highest BCUT2D eigenvalue weighted by Crippen LogP contribution is 2.48. The van der Waals surface area contributed by atoms with Crippen molar-refractivity contribution in [2.24, 2.45) is 5.92 Å². The van der Waals surface area contributed by atoms with Crippen molar-refractivity contribution < 1.29 is 19.0 Å². The van der Waals surface area contributed by atoms with Gasteiger partial charge in [0.15, 0.2) is 11.5 Å². The number of benzene rings is 1. The maximum atomic E-state index is 12.7. The number of rotatable bonds is 3. The lowest BCUT2D eigenvalue weighted by molar-refractivity contribution is -0.00743. The van der Waals surface area contributed by atoms with Gasteiger partial charge in [0.05, 0.1) is 12.6 Å². The fraction of sp³-hybridized carbons (Fsp3) is 0.650. The van der Waals surface area contributed by atoms with E-state index < -0.39 is 0 Å². The molecule has 5 aliphatic rings. The molecule has 1 amide bonds. The van der Waals surface area contributed by atoms with E-state index in [1.807, 2.05) is 17.9 Å². The van der Waals surface area contributed by atoms with E-state index in [0.717, 1.165) is 37.6 Å². The normalized spacial score (nSPS) is 34.0. The van der Waals surface area contributed by atoms with Crippen molar-refractivity contribution in [2.75, 3.05) is 33.0 Å². The Hall–Kier alpha value is -1.95. The molecule has 0 unspecified atom stereocenters. The van der Waals surface area contributed by atoms with E-state index in [0.29, 0.717) is 31.3 Å². The van der Waals surface area contributed by atoms with Gasteiger partial charge in [-0.1, -0.05) is 13.0 Å². The van der Waals surface area contributed by atoms with E-state index in [1.165, 1.54) is 18.4 Å². The molecule has 0 spiro atoms. The average Bonchev–Trinajstić information content (AvgIpc) is 3.32. The maximum absolute atomic E-state index is 12.7. The Morgan fingerprint density at radius 2 is 2.00 bits per heavy atom. The van der Waals surface area contributed by atoms with E-state index in [1.54, 1.807) is 0 Å². The molecular formula is C20H26N2O4. The summed E-state index contributed by atoms with van der Waals surface area (Å²) in [4.78, 5) is 17.3. The third-order valence-corrected chi connectivity index (χ3v) is 6.48. The summed E-state index contributed by atoms with van der Waals surface area (Å²) in [5.74, 6) is 2.53. The smallest absolute Gasteiger partial charge is 0.410 e. The number of nitrogens with zero attached hydrogens (tertiary/aromatic N) is 2. The molecule has 1 aromatic rings. The lowest BCUT2D eigenvalue weighted by Crippen LogP contribution is -2.60. The first-order valence-electron chi connectivity index (χ1n) is 9.83. The highest BCUT2D eigenvalue weighted by molar-refractivity contribution is 5.69. The summed E-state index contributed by atoms with van der Waals surface area (Å²) < 4.78 is 16.6. The number of amides is 1. The Labute approximate surface area is 154 Å². The van der Waals surface area contributed by atoms with Gasteiger partial charge in [0, 0.05) is 18.5 Å². The molecule has 0 aromatic heterocycles. The molecule has 5 heterocycles. The Balaban J connectivity index is 1.47. The highest BCUT2D eigenvalue weighted by Gasteiger charge is 2.55. The van der Waals surface area contributed by atoms with Crippen molar-refractivity contribution in [1.82, 2.24) is 9.80 Å². The van der Waals surface area contributed by atoms with Crippen LogP contribution in [0.2, 0.25) is 0 Å². The van der Waals surface area contributed by atoms with Gasteiger partial charge < -0.3 is 19.1 Å². The van der Waals surface area contributed by atoms with Gasteiger partial charge in [-0.2, -0.15) is 0 Å². The van der Waals surface area contributed by atoms with Crippen LogP contribution in [0, 0.1) is 5.92 Å². The molecule has 0 radical (unpaired) electrons. The molecule has 0 saturated carbocycles. The van der Waals surface area contributed by atoms with E-state index in [9.17, 15) is 4.79 Å². The molecule has 140 valence electrons. The van der Waals surface area contributed by atoms with Crippen LogP contribution in [0.4, 0.5) is 4.79 Å². The molecule has 4 fully saturated rings.